The number of fused-ring (bicyclic) bond motifs is 1. The van der Waals surface area contributed by atoms with Crippen molar-refractivity contribution >= 4 is 17.5 Å². The number of ether oxygens (including phenoxy) is 2. The minimum absolute atomic E-state index is 0.112. The third-order valence-electron chi connectivity index (χ3n) is 5.52. The van der Waals surface area contributed by atoms with Crippen LogP contribution in [0, 0.1) is 0 Å². The molecular weight excluding hydrogens is 382 g/mol. The Labute approximate surface area is 176 Å². The van der Waals surface area contributed by atoms with Gasteiger partial charge in [-0.15, -0.1) is 0 Å². The zero-order valence-electron chi connectivity index (χ0n) is 17.2. The molecule has 1 atom stereocenters. The van der Waals surface area contributed by atoms with E-state index >= 15 is 0 Å². The number of nitrogens with zero attached hydrogens (tertiary/aromatic N) is 2. The van der Waals surface area contributed by atoms with Crippen LogP contribution in [0.2, 0.25) is 0 Å². The summed E-state index contributed by atoms with van der Waals surface area (Å²) in [5, 5.41) is 2.99. The minimum Gasteiger partial charge on any atom is -0.477 e. The van der Waals surface area contributed by atoms with E-state index in [0.717, 1.165) is 38.4 Å². The lowest BCUT2D eigenvalue weighted by Crippen LogP contribution is -2.50. The molecule has 0 saturated carbocycles. The first kappa shape index (κ1) is 20.4. The van der Waals surface area contributed by atoms with Crippen LogP contribution in [-0.4, -0.2) is 55.7 Å². The second kappa shape index (κ2) is 9.28. The van der Waals surface area contributed by atoms with E-state index in [0.29, 0.717) is 18.0 Å². The van der Waals surface area contributed by atoms with Gasteiger partial charge < -0.3 is 19.7 Å². The van der Waals surface area contributed by atoms with Crippen molar-refractivity contribution in [2.24, 2.45) is 0 Å². The fourth-order valence-corrected chi connectivity index (χ4v) is 3.85. The lowest BCUT2D eigenvalue weighted by Gasteiger charge is -2.33. The normalized spacial score (nSPS) is 19.0. The van der Waals surface area contributed by atoms with Crippen LogP contribution in [0.25, 0.3) is 0 Å². The fraction of sp³-hybridized carbons (Fsp3) is 0.391. The molecule has 2 amide bonds. The number of rotatable bonds is 5. The highest BCUT2D eigenvalue weighted by Crippen LogP contribution is 2.33. The third kappa shape index (κ3) is 4.63. The molecule has 0 radical (unpaired) electrons. The SMILES string of the molecule is CC(=O)N1C[C@@H](C(=O)NCc2ccccc2CN2CCOCC2)Oc2ccccc21. The van der Waals surface area contributed by atoms with E-state index in [4.69, 9.17) is 9.47 Å². The zero-order chi connectivity index (χ0) is 20.9. The second-order valence-electron chi connectivity index (χ2n) is 7.58. The molecule has 1 fully saturated rings. The van der Waals surface area contributed by atoms with E-state index in [1.54, 1.807) is 11.0 Å². The van der Waals surface area contributed by atoms with Crippen LogP contribution in [0.4, 0.5) is 5.69 Å². The monoisotopic (exact) mass is 409 g/mol. The van der Waals surface area contributed by atoms with Crippen molar-refractivity contribution in [3.63, 3.8) is 0 Å². The molecular formula is C23H27N3O4. The zero-order valence-corrected chi connectivity index (χ0v) is 17.2. The molecule has 0 aliphatic carbocycles. The number of benzene rings is 2. The molecule has 0 spiro atoms. The molecule has 7 nitrogen and oxygen atoms in total. The highest BCUT2D eigenvalue weighted by molar-refractivity contribution is 5.95. The molecule has 158 valence electrons. The van der Waals surface area contributed by atoms with Gasteiger partial charge in [-0.1, -0.05) is 36.4 Å². The van der Waals surface area contributed by atoms with Crippen LogP contribution < -0.4 is 15.0 Å². The Morgan fingerprint density at radius 1 is 1.03 bits per heavy atom. The van der Waals surface area contributed by atoms with Crippen LogP contribution in [0.15, 0.2) is 48.5 Å². The van der Waals surface area contributed by atoms with Crippen molar-refractivity contribution in [3.8, 4) is 5.75 Å². The van der Waals surface area contributed by atoms with E-state index in [-0.39, 0.29) is 18.4 Å². The van der Waals surface area contributed by atoms with Crippen LogP contribution in [0.3, 0.4) is 0 Å². The lowest BCUT2D eigenvalue weighted by molar-refractivity contribution is -0.128. The van der Waals surface area contributed by atoms with Gasteiger partial charge in [0.05, 0.1) is 25.4 Å². The Morgan fingerprint density at radius 2 is 1.73 bits per heavy atom. The first-order valence-corrected chi connectivity index (χ1v) is 10.3. The number of hydrogen-bond acceptors (Lipinski definition) is 5. The van der Waals surface area contributed by atoms with Gasteiger partial charge in [0.2, 0.25) is 5.91 Å². The van der Waals surface area contributed by atoms with Crippen LogP contribution in [0.5, 0.6) is 5.75 Å². The summed E-state index contributed by atoms with van der Waals surface area (Å²) >= 11 is 0. The molecule has 7 heteroatoms. The molecule has 2 aliphatic rings. The number of hydrogen-bond donors (Lipinski definition) is 1. The van der Waals surface area contributed by atoms with E-state index < -0.39 is 6.10 Å². The number of carbonyl (C=O) groups is 2. The Kier molecular flexibility index (Phi) is 6.30. The van der Waals surface area contributed by atoms with Crippen molar-refractivity contribution in [2.75, 3.05) is 37.7 Å². The van der Waals surface area contributed by atoms with Crippen molar-refractivity contribution in [2.45, 2.75) is 26.1 Å². The summed E-state index contributed by atoms with van der Waals surface area (Å²) in [6.07, 6.45) is -0.741. The summed E-state index contributed by atoms with van der Waals surface area (Å²) in [7, 11) is 0. The minimum atomic E-state index is -0.741. The molecule has 2 aromatic carbocycles. The fourth-order valence-electron chi connectivity index (χ4n) is 3.85. The summed E-state index contributed by atoms with van der Waals surface area (Å²) in [4.78, 5) is 28.9. The standard InChI is InChI=1S/C23H27N3O4/c1-17(27)26-16-22(30-21-9-5-4-8-20(21)26)23(28)24-14-18-6-2-3-7-19(18)15-25-10-12-29-13-11-25/h2-9,22H,10-16H2,1H3,(H,24,28)/t22-/m0/s1. The first-order valence-electron chi connectivity index (χ1n) is 10.3. The second-order valence-corrected chi connectivity index (χ2v) is 7.58. The van der Waals surface area contributed by atoms with Gasteiger partial charge in [-0.05, 0) is 23.3 Å². The Bertz CT molecular complexity index is 911. The van der Waals surface area contributed by atoms with E-state index in [1.807, 2.05) is 36.4 Å². The molecule has 2 aromatic rings. The topological polar surface area (TPSA) is 71.1 Å². The molecule has 30 heavy (non-hydrogen) atoms. The quantitative estimate of drug-likeness (QED) is 0.817. The van der Waals surface area contributed by atoms with Crippen LogP contribution in [-0.2, 0) is 27.4 Å². The average Bonchev–Trinajstić information content (AvgIpc) is 2.78. The van der Waals surface area contributed by atoms with Crippen molar-refractivity contribution in [3.05, 3.63) is 59.7 Å². The van der Waals surface area contributed by atoms with E-state index in [2.05, 4.69) is 16.3 Å². The summed E-state index contributed by atoms with van der Waals surface area (Å²) in [6, 6.07) is 15.4. The number of anilines is 1. The summed E-state index contributed by atoms with van der Waals surface area (Å²) in [5.41, 5.74) is 2.97. The van der Waals surface area contributed by atoms with Crippen LogP contribution >= 0.6 is 0 Å². The maximum absolute atomic E-state index is 12.8. The van der Waals surface area contributed by atoms with Crippen molar-refractivity contribution < 1.29 is 19.1 Å². The van der Waals surface area contributed by atoms with Gasteiger partial charge >= 0.3 is 0 Å². The Morgan fingerprint density at radius 3 is 2.50 bits per heavy atom. The van der Waals surface area contributed by atoms with Gasteiger partial charge in [0.25, 0.3) is 5.91 Å². The summed E-state index contributed by atoms with van der Waals surface area (Å²) < 4.78 is 11.3. The number of nitrogens with one attached hydrogen (secondary N) is 1. The smallest absolute Gasteiger partial charge is 0.263 e. The molecule has 4 rings (SSSR count). The van der Waals surface area contributed by atoms with Gasteiger partial charge in [0.1, 0.15) is 5.75 Å². The molecule has 2 heterocycles. The Hall–Kier alpha value is -2.90. The maximum atomic E-state index is 12.8. The predicted octanol–water partition coefficient (Wildman–Crippen LogP) is 1.95. The molecule has 0 bridgehead atoms. The van der Waals surface area contributed by atoms with Gasteiger partial charge in [-0.2, -0.15) is 0 Å². The molecule has 1 N–H and O–H groups in total. The van der Waals surface area contributed by atoms with Gasteiger partial charge in [0.15, 0.2) is 6.10 Å². The average molecular weight is 409 g/mol. The molecule has 1 saturated heterocycles. The van der Waals surface area contributed by atoms with Gasteiger partial charge in [-0.3, -0.25) is 14.5 Å². The lowest BCUT2D eigenvalue weighted by atomic mass is 10.1. The number of para-hydroxylation sites is 2. The Balaban J connectivity index is 1.41. The predicted molar refractivity (Wildman–Crippen MR) is 113 cm³/mol. The number of carbonyl (C=O) groups excluding carboxylic acids is 2. The maximum Gasteiger partial charge on any atom is 0.263 e. The highest BCUT2D eigenvalue weighted by atomic mass is 16.5. The number of amides is 2. The van der Waals surface area contributed by atoms with Gasteiger partial charge in [0, 0.05) is 33.1 Å². The largest absolute Gasteiger partial charge is 0.477 e. The first-order chi connectivity index (χ1) is 14.6. The summed E-state index contributed by atoms with van der Waals surface area (Å²) in [6.45, 7) is 6.29. The van der Waals surface area contributed by atoms with E-state index in [1.165, 1.54) is 12.5 Å². The molecule has 0 aromatic heterocycles. The summed E-state index contributed by atoms with van der Waals surface area (Å²) in [5.74, 6) is 0.211. The molecule has 0 unspecified atom stereocenters. The molecule has 2 aliphatic heterocycles. The van der Waals surface area contributed by atoms with Crippen molar-refractivity contribution in [1.82, 2.24) is 10.2 Å². The van der Waals surface area contributed by atoms with Crippen molar-refractivity contribution in [1.29, 1.82) is 0 Å². The van der Waals surface area contributed by atoms with E-state index in [9.17, 15) is 9.59 Å². The third-order valence-corrected chi connectivity index (χ3v) is 5.52. The van der Waals surface area contributed by atoms with Crippen LogP contribution in [0.1, 0.15) is 18.1 Å². The number of morpholine rings is 1. The van der Waals surface area contributed by atoms with Gasteiger partial charge in [-0.25, -0.2) is 0 Å². The highest BCUT2D eigenvalue weighted by Gasteiger charge is 2.32.